The standard InChI is InChI=1S/C24H21F3N6O2/c1-15-13-32-21(20(12-30-32)22(34)31-18-4-2-3-17(9-18)10-28)23(35)33(15)19-7-5-16(6-8-19)11-29-14-24(25,26)27/h2-9,12,15,29H,11,13-14H2,1H3,(H,31,34)/t15-/m0/s1. The van der Waals surface area contributed by atoms with E-state index >= 15 is 0 Å². The number of carbonyl (C=O) groups is 2. The number of benzene rings is 2. The number of hydrogen-bond acceptors (Lipinski definition) is 5. The number of fused-ring (bicyclic) bond motifs is 1. The lowest BCUT2D eigenvalue weighted by Crippen LogP contribution is -2.47. The lowest BCUT2D eigenvalue weighted by Gasteiger charge is -2.34. The van der Waals surface area contributed by atoms with Gasteiger partial charge in [0, 0.05) is 17.9 Å². The van der Waals surface area contributed by atoms with E-state index in [4.69, 9.17) is 5.26 Å². The van der Waals surface area contributed by atoms with E-state index in [2.05, 4.69) is 15.7 Å². The normalized spacial score (nSPS) is 15.5. The van der Waals surface area contributed by atoms with Gasteiger partial charge in [0.1, 0.15) is 5.69 Å². The van der Waals surface area contributed by atoms with Crippen LogP contribution in [0.25, 0.3) is 0 Å². The summed E-state index contributed by atoms with van der Waals surface area (Å²) < 4.78 is 38.5. The van der Waals surface area contributed by atoms with Gasteiger partial charge in [0.2, 0.25) is 0 Å². The van der Waals surface area contributed by atoms with Crippen molar-refractivity contribution in [3.05, 3.63) is 77.1 Å². The van der Waals surface area contributed by atoms with Gasteiger partial charge in [0.05, 0.1) is 42.5 Å². The Morgan fingerprint density at radius 2 is 1.97 bits per heavy atom. The van der Waals surface area contributed by atoms with Crippen molar-refractivity contribution in [2.75, 3.05) is 16.8 Å². The largest absolute Gasteiger partial charge is 0.401 e. The van der Waals surface area contributed by atoms with Crippen LogP contribution in [0, 0.1) is 11.3 Å². The third-order valence-electron chi connectivity index (χ3n) is 5.50. The highest BCUT2D eigenvalue weighted by Gasteiger charge is 2.35. The quantitative estimate of drug-likeness (QED) is 0.558. The highest BCUT2D eigenvalue weighted by Crippen LogP contribution is 2.27. The molecule has 0 fully saturated rings. The summed E-state index contributed by atoms with van der Waals surface area (Å²) in [5.41, 5.74) is 2.22. The summed E-state index contributed by atoms with van der Waals surface area (Å²) in [7, 11) is 0. The number of nitrogens with zero attached hydrogens (tertiary/aromatic N) is 4. The molecule has 0 bridgehead atoms. The Kier molecular flexibility index (Phi) is 6.57. The number of anilines is 2. The third-order valence-corrected chi connectivity index (χ3v) is 5.50. The molecule has 0 aliphatic carbocycles. The van der Waals surface area contributed by atoms with Crippen LogP contribution >= 0.6 is 0 Å². The third kappa shape index (κ3) is 5.33. The molecule has 8 nitrogen and oxygen atoms in total. The number of amides is 2. The van der Waals surface area contributed by atoms with Crippen LogP contribution in [0.5, 0.6) is 0 Å². The SMILES string of the molecule is C[C@H]1Cn2ncc(C(=O)Nc3cccc(C#N)c3)c2C(=O)N1c1ccc(CNCC(F)(F)F)cc1. The van der Waals surface area contributed by atoms with Crippen molar-refractivity contribution in [2.45, 2.75) is 32.2 Å². The molecule has 2 heterocycles. The smallest absolute Gasteiger partial charge is 0.322 e. The minimum absolute atomic E-state index is 0.0351. The molecule has 0 saturated carbocycles. The molecule has 2 amide bonds. The average molecular weight is 482 g/mol. The van der Waals surface area contributed by atoms with Gasteiger partial charge in [-0.05, 0) is 42.8 Å². The van der Waals surface area contributed by atoms with E-state index in [0.717, 1.165) is 0 Å². The topological polar surface area (TPSA) is 103 Å². The zero-order valence-electron chi connectivity index (χ0n) is 18.6. The predicted octanol–water partition coefficient (Wildman–Crippen LogP) is 3.71. The van der Waals surface area contributed by atoms with Crippen LogP contribution in [0.1, 0.15) is 38.9 Å². The zero-order valence-corrected chi connectivity index (χ0v) is 18.6. The fraction of sp³-hybridized carbons (Fsp3) is 0.250. The maximum atomic E-state index is 13.4. The lowest BCUT2D eigenvalue weighted by molar-refractivity contribution is -0.125. The minimum Gasteiger partial charge on any atom is -0.322 e. The summed E-state index contributed by atoms with van der Waals surface area (Å²) in [6.07, 6.45) is -2.95. The van der Waals surface area contributed by atoms with E-state index in [1.807, 2.05) is 13.0 Å². The van der Waals surface area contributed by atoms with Gasteiger partial charge in [-0.15, -0.1) is 0 Å². The molecule has 0 radical (unpaired) electrons. The van der Waals surface area contributed by atoms with Crippen molar-refractivity contribution in [3.8, 4) is 6.07 Å². The monoisotopic (exact) mass is 482 g/mol. The molecule has 1 aromatic heterocycles. The van der Waals surface area contributed by atoms with E-state index in [1.165, 1.54) is 21.8 Å². The van der Waals surface area contributed by atoms with Gasteiger partial charge in [0.25, 0.3) is 11.8 Å². The van der Waals surface area contributed by atoms with Crippen LogP contribution in [-0.4, -0.2) is 40.4 Å². The van der Waals surface area contributed by atoms with Gasteiger partial charge >= 0.3 is 6.18 Å². The van der Waals surface area contributed by atoms with Gasteiger partial charge in [-0.2, -0.15) is 23.5 Å². The molecule has 0 unspecified atom stereocenters. The Labute approximate surface area is 199 Å². The molecule has 0 saturated heterocycles. The first-order chi connectivity index (χ1) is 16.7. The predicted molar refractivity (Wildman–Crippen MR) is 122 cm³/mol. The van der Waals surface area contributed by atoms with Crippen LogP contribution in [0.4, 0.5) is 24.5 Å². The Hall–Kier alpha value is -4.17. The van der Waals surface area contributed by atoms with E-state index in [-0.39, 0.29) is 23.8 Å². The van der Waals surface area contributed by atoms with Crippen LogP contribution in [0.2, 0.25) is 0 Å². The summed E-state index contributed by atoms with van der Waals surface area (Å²) in [5, 5.41) is 18.3. The molecule has 1 atom stereocenters. The number of aromatic nitrogens is 2. The summed E-state index contributed by atoms with van der Waals surface area (Å²) >= 11 is 0. The molecule has 3 aromatic rings. The number of alkyl halides is 3. The number of carbonyl (C=O) groups excluding carboxylic acids is 2. The van der Waals surface area contributed by atoms with Crippen molar-refractivity contribution >= 4 is 23.2 Å². The fourth-order valence-electron chi connectivity index (χ4n) is 3.92. The Bertz CT molecular complexity index is 1290. The maximum Gasteiger partial charge on any atom is 0.401 e. The van der Waals surface area contributed by atoms with Gasteiger partial charge in [-0.25, -0.2) is 0 Å². The van der Waals surface area contributed by atoms with E-state index in [9.17, 15) is 22.8 Å². The van der Waals surface area contributed by atoms with Gasteiger partial charge in [-0.3, -0.25) is 14.3 Å². The zero-order chi connectivity index (χ0) is 25.2. The summed E-state index contributed by atoms with van der Waals surface area (Å²) in [5.74, 6) is -0.949. The molecule has 0 spiro atoms. The van der Waals surface area contributed by atoms with Crippen LogP contribution in [0.15, 0.2) is 54.7 Å². The minimum atomic E-state index is -4.29. The second kappa shape index (κ2) is 9.60. The number of nitrogens with one attached hydrogen (secondary N) is 2. The second-order valence-electron chi connectivity index (χ2n) is 8.15. The molecule has 1 aliphatic rings. The molecule has 35 heavy (non-hydrogen) atoms. The summed E-state index contributed by atoms with van der Waals surface area (Å²) in [6.45, 7) is 1.14. The van der Waals surface area contributed by atoms with Crippen LogP contribution < -0.4 is 15.5 Å². The molecular formula is C24H21F3N6O2. The molecular weight excluding hydrogens is 461 g/mol. The van der Waals surface area contributed by atoms with E-state index < -0.39 is 24.5 Å². The summed E-state index contributed by atoms with van der Waals surface area (Å²) in [6, 6.07) is 14.8. The number of nitriles is 1. The molecule has 180 valence electrons. The highest BCUT2D eigenvalue weighted by molar-refractivity contribution is 6.15. The number of rotatable bonds is 6. The average Bonchev–Trinajstić information content (AvgIpc) is 3.23. The van der Waals surface area contributed by atoms with Crippen LogP contribution in [-0.2, 0) is 13.1 Å². The van der Waals surface area contributed by atoms with Crippen molar-refractivity contribution < 1.29 is 22.8 Å². The second-order valence-corrected chi connectivity index (χ2v) is 8.15. The van der Waals surface area contributed by atoms with Crippen LogP contribution in [0.3, 0.4) is 0 Å². The van der Waals surface area contributed by atoms with Gasteiger partial charge < -0.3 is 15.5 Å². The first kappa shape index (κ1) is 24.0. The lowest BCUT2D eigenvalue weighted by atomic mass is 10.1. The van der Waals surface area contributed by atoms with Gasteiger partial charge in [-0.1, -0.05) is 18.2 Å². The first-order valence-corrected chi connectivity index (χ1v) is 10.7. The van der Waals surface area contributed by atoms with Gasteiger partial charge in [0.15, 0.2) is 0 Å². The Morgan fingerprint density at radius 3 is 2.66 bits per heavy atom. The molecule has 11 heteroatoms. The molecule has 2 aromatic carbocycles. The Balaban J connectivity index is 1.53. The fourth-order valence-corrected chi connectivity index (χ4v) is 3.92. The Morgan fingerprint density at radius 1 is 1.23 bits per heavy atom. The molecule has 1 aliphatic heterocycles. The van der Waals surface area contributed by atoms with Crippen molar-refractivity contribution in [1.82, 2.24) is 15.1 Å². The summed E-state index contributed by atoms with van der Waals surface area (Å²) in [4.78, 5) is 27.9. The number of hydrogen-bond donors (Lipinski definition) is 2. The van der Waals surface area contributed by atoms with Crippen molar-refractivity contribution in [2.24, 2.45) is 0 Å². The van der Waals surface area contributed by atoms with Crippen molar-refractivity contribution in [1.29, 1.82) is 5.26 Å². The first-order valence-electron chi connectivity index (χ1n) is 10.7. The highest BCUT2D eigenvalue weighted by atomic mass is 19.4. The molecule has 4 rings (SSSR count). The van der Waals surface area contributed by atoms with E-state index in [0.29, 0.717) is 29.0 Å². The van der Waals surface area contributed by atoms with E-state index in [1.54, 1.807) is 42.5 Å². The molecule has 2 N–H and O–H groups in total. The maximum absolute atomic E-state index is 13.4. The number of halogens is 3. The van der Waals surface area contributed by atoms with Crippen molar-refractivity contribution in [3.63, 3.8) is 0 Å².